The Morgan fingerprint density at radius 3 is 2.08 bits per heavy atom. The summed E-state index contributed by atoms with van der Waals surface area (Å²) in [6, 6.07) is 10.1. The zero-order valence-electron chi connectivity index (χ0n) is 15.7. The third-order valence-electron chi connectivity index (χ3n) is 3.84. The molecule has 0 aliphatic carbocycles. The standard InChI is InChI=1S/C19H24N2O4S/c1-13-10-14(2)19(15(3)11-13)26(23,24)20-16-6-8-17(9-7-16)25-12-18(22)21(4)5/h6-11,20H,12H2,1-5H3. The highest BCUT2D eigenvalue weighted by molar-refractivity contribution is 7.92. The van der Waals surface area contributed by atoms with E-state index in [9.17, 15) is 13.2 Å². The summed E-state index contributed by atoms with van der Waals surface area (Å²) in [5.74, 6) is 0.339. The van der Waals surface area contributed by atoms with Gasteiger partial charge in [0.15, 0.2) is 6.61 Å². The summed E-state index contributed by atoms with van der Waals surface area (Å²) in [7, 11) is -0.390. The fourth-order valence-corrected chi connectivity index (χ4v) is 4.20. The molecule has 7 heteroatoms. The third-order valence-corrected chi connectivity index (χ3v) is 5.53. The van der Waals surface area contributed by atoms with Crippen molar-refractivity contribution in [2.45, 2.75) is 25.7 Å². The lowest BCUT2D eigenvalue weighted by Crippen LogP contribution is -2.27. The van der Waals surface area contributed by atoms with E-state index in [1.165, 1.54) is 4.90 Å². The van der Waals surface area contributed by atoms with Gasteiger partial charge < -0.3 is 9.64 Å². The average molecular weight is 376 g/mol. The number of aryl methyl sites for hydroxylation is 3. The van der Waals surface area contributed by atoms with Gasteiger partial charge in [0.1, 0.15) is 5.75 Å². The van der Waals surface area contributed by atoms with Crippen molar-refractivity contribution in [3.05, 3.63) is 53.1 Å². The van der Waals surface area contributed by atoms with E-state index in [1.807, 2.05) is 19.1 Å². The number of anilines is 1. The molecule has 0 heterocycles. The fraction of sp³-hybridized carbons (Fsp3) is 0.316. The fourth-order valence-electron chi connectivity index (χ4n) is 2.69. The summed E-state index contributed by atoms with van der Waals surface area (Å²) >= 11 is 0. The van der Waals surface area contributed by atoms with Gasteiger partial charge in [0, 0.05) is 19.8 Å². The quantitative estimate of drug-likeness (QED) is 0.841. The summed E-state index contributed by atoms with van der Waals surface area (Å²) in [4.78, 5) is 13.3. The van der Waals surface area contributed by atoms with Crippen LogP contribution in [0.15, 0.2) is 41.3 Å². The summed E-state index contributed by atoms with van der Waals surface area (Å²) in [5.41, 5.74) is 2.86. The van der Waals surface area contributed by atoms with Crippen molar-refractivity contribution in [2.24, 2.45) is 0 Å². The van der Waals surface area contributed by atoms with Crippen LogP contribution in [0.4, 0.5) is 5.69 Å². The Bertz CT molecular complexity index is 881. The van der Waals surface area contributed by atoms with Gasteiger partial charge in [0.25, 0.3) is 15.9 Å². The van der Waals surface area contributed by atoms with Gasteiger partial charge in [-0.1, -0.05) is 17.7 Å². The Morgan fingerprint density at radius 2 is 1.58 bits per heavy atom. The number of carbonyl (C=O) groups is 1. The lowest BCUT2D eigenvalue weighted by Gasteiger charge is -2.14. The molecule has 1 N–H and O–H groups in total. The van der Waals surface area contributed by atoms with Crippen molar-refractivity contribution in [1.29, 1.82) is 0 Å². The summed E-state index contributed by atoms with van der Waals surface area (Å²) < 4.78 is 33.4. The molecule has 2 aromatic carbocycles. The number of rotatable bonds is 6. The van der Waals surface area contributed by atoms with Crippen LogP contribution in [0.25, 0.3) is 0 Å². The second kappa shape index (κ2) is 7.78. The van der Waals surface area contributed by atoms with Crippen LogP contribution >= 0.6 is 0 Å². The second-order valence-corrected chi connectivity index (χ2v) is 8.05. The van der Waals surface area contributed by atoms with Gasteiger partial charge in [-0.2, -0.15) is 0 Å². The molecule has 140 valence electrons. The number of amides is 1. The SMILES string of the molecule is Cc1cc(C)c(S(=O)(=O)Nc2ccc(OCC(=O)N(C)C)cc2)c(C)c1. The Morgan fingerprint density at radius 1 is 1.04 bits per heavy atom. The van der Waals surface area contributed by atoms with E-state index in [0.717, 1.165) is 5.56 Å². The van der Waals surface area contributed by atoms with Crippen molar-refractivity contribution in [1.82, 2.24) is 4.90 Å². The van der Waals surface area contributed by atoms with E-state index in [0.29, 0.717) is 27.5 Å². The Labute approximate surface area is 154 Å². The Kier molecular flexibility index (Phi) is 5.92. The molecule has 0 aliphatic rings. The predicted octanol–water partition coefficient (Wildman–Crippen LogP) is 2.88. The molecule has 0 fully saturated rings. The van der Waals surface area contributed by atoms with E-state index in [-0.39, 0.29) is 12.5 Å². The molecule has 0 bridgehead atoms. The smallest absolute Gasteiger partial charge is 0.262 e. The topological polar surface area (TPSA) is 75.7 Å². The zero-order chi connectivity index (χ0) is 19.5. The van der Waals surface area contributed by atoms with Crippen molar-refractivity contribution in [2.75, 3.05) is 25.4 Å². The number of hydrogen-bond donors (Lipinski definition) is 1. The molecule has 0 radical (unpaired) electrons. The van der Waals surface area contributed by atoms with Gasteiger partial charge in [-0.3, -0.25) is 9.52 Å². The molecular weight excluding hydrogens is 352 g/mol. The predicted molar refractivity (Wildman–Crippen MR) is 102 cm³/mol. The largest absolute Gasteiger partial charge is 0.484 e. The van der Waals surface area contributed by atoms with Crippen LogP contribution in [0.3, 0.4) is 0 Å². The van der Waals surface area contributed by atoms with Gasteiger partial charge in [-0.05, 0) is 56.2 Å². The van der Waals surface area contributed by atoms with E-state index in [2.05, 4.69) is 4.72 Å². The van der Waals surface area contributed by atoms with E-state index in [4.69, 9.17) is 4.74 Å². The van der Waals surface area contributed by atoms with Crippen molar-refractivity contribution in [3.8, 4) is 5.75 Å². The highest BCUT2D eigenvalue weighted by Gasteiger charge is 2.20. The van der Waals surface area contributed by atoms with Gasteiger partial charge in [0.2, 0.25) is 0 Å². The summed E-state index contributed by atoms with van der Waals surface area (Å²) in [6.07, 6.45) is 0. The van der Waals surface area contributed by atoms with E-state index >= 15 is 0 Å². The normalized spacial score (nSPS) is 11.1. The van der Waals surface area contributed by atoms with Crippen LogP contribution in [0, 0.1) is 20.8 Å². The molecule has 0 unspecified atom stereocenters. The highest BCUT2D eigenvalue weighted by Crippen LogP contribution is 2.25. The van der Waals surface area contributed by atoms with Crippen LogP contribution in [0.5, 0.6) is 5.75 Å². The lowest BCUT2D eigenvalue weighted by atomic mass is 10.1. The first kappa shape index (κ1) is 19.8. The maximum Gasteiger partial charge on any atom is 0.262 e. The number of nitrogens with one attached hydrogen (secondary N) is 1. The molecule has 1 amide bonds. The van der Waals surface area contributed by atoms with Crippen molar-refractivity contribution in [3.63, 3.8) is 0 Å². The van der Waals surface area contributed by atoms with Gasteiger partial charge in [0.05, 0.1) is 4.90 Å². The Hall–Kier alpha value is -2.54. The molecule has 0 saturated heterocycles. The number of carbonyl (C=O) groups excluding carboxylic acids is 1. The molecule has 2 rings (SSSR count). The van der Waals surface area contributed by atoms with Gasteiger partial charge in [-0.25, -0.2) is 8.42 Å². The number of nitrogens with zero attached hydrogens (tertiary/aromatic N) is 1. The maximum absolute atomic E-state index is 12.7. The molecule has 2 aromatic rings. The van der Waals surface area contributed by atoms with Crippen LogP contribution in [-0.2, 0) is 14.8 Å². The molecular formula is C19H24N2O4S. The molecule has 0 spiro atoms. The zero-order valence-corrected chi connectivity index (χ0v) is 16.5. The van der Waals surface area contributed by atoms with Gasteiger partial charge in [-0.15, -0.1) is 0 Å². The minimum absolute atomic E-state index is 0.0696. The number of benzene rings is 2. The van der Waals surface area contributed by atoms with E-state index in [1.54, 1.807) is 52.2 Å². The first-order valence-corrected chi connectivity index (χ1v) is 9.62. The minimum atomic E-state index is -3.69. The Balaban J connectivity index is 2.14. The number of likely N-dealkylation sites (N-methyl/N-ethyl adjacent to an activating group) is 1. The molecule has 0 aromatic heterocycles. The first-order valence-electron chi connectivity index (χ1n) is 8.14. The maximum atomic E-state index is 12.7. The average Bonchev–Trinajstić information content (AvgIpc) is 2.52. The third kappa shape index (κ3) is 4.76. The molecule has 0 aliphatic heterocycles. The van der Waals surface area contributed by atoms with E-state index < -0.39 is 10.0 Å². The van der Waals surface area contributed by atoms with Crippen molar-refractivity contribution < 1.29 is 17.9 Å². The van der Waals surface area contributed by atoms with Crippen LogP contribution in [0.1, 0.15) is 16.7 Å². The monoisotopic (exact) mass is 376 g/mol. The summed E-state index contributed by atoms with van der Waals surface area (Å²) in [6.45, 7) is 5.43. The number of sulfonamides is 1. The first-order chi connectivity index (χ1) is 12.1. The van der Waals surface area contributed by atoms with Crippen LogP contribution in [-0.4, -0.2) is 39.9 Å². The number of hydrogen-bond acceptors (Lipinski definition) is 4. The van der Waals surface area contributed by atoms with Crippen LogP contribution < -0.4 is 9.46 Å². The van der Waals surface area contributed by atoms with Crippen LogP contribution in [0.2, 0.25) is 0 Å². The minimum Gasteiger partial charge on any atom is -0.484 e. The lowest BCUT2D eigenvalue weighted by molar-refractivity contribution is -0.130. The van der Waals surface area contributed by atoms with Crippen molar-refractivity contribution >= 4 is 21.6 Å². The highest BCUT2D eigenvalue weighted by atomic mass is 32.2. The second-order valence-electron chi connectivity index (χ2n) is 6.43. The molecule has 6 nitrogen and oxygen atoms in total. The van der Waals surface area contributed by atoms with Gasteiger partial charge >= 0.3 is 0 Å². The molecule has 0 saturated carbocycles. The molecule has 0 atom stereocenters. The number of ether oxygens (including phenoxy) is 1. The summed E-state index contributed by atoms with van der Waals surface area (Å²) in [5, 5.41) is 0. The molecule has 26 heavy (non-hydrogen) atoms.